The van der Waals surface area contributed by atoms with Crippen LogP contribution in [0.2, 0.25) is 0 Å². The smallest absolute Gasteiger partial charge is 0.0587 e. The normalized spacial score (nSPS) is 30.6. The van der Waals surface area contributed by atoms with Crippen molar-refractivity contribution in [3.05, 3.63) is 0 Å². The van der Waals surface area contributed by atoms with Gasteiger partial charge in [-0.15, -0.1) is 0 Å². The first kappa shape index (κ1) is 12.0. The van der Waals surface area contributed by atoms with Gasteiger partial charge in [-0.2, -0.15) is 0 Å². The Bertz CT molecular complexity index is 153. The number of aliphatic hydroxyl groups excluding tert-OH is 2. The van der Waals surface area contributed by atoms with Crippen LogP contribution in [-0.4, -0.2) is 35.0 Å². The van der Waals surface area contributed by atoms with E-state index in [1.54, 1.807) is 0 Å². The Morgan fingerprint density at radius 1 is 1.21 bits per heavy atom. The highest BCUT2D eigenvalue weighted by molar-refractivity contribution is 4.81. The molecule has 1 fully saturated rings. The fraction of sp³-hybridized carbons (Fsp3) is 1.00. The quantitative estimate of drug-likeness (QED) is 0.633. The highest BCUT2D eigenvalue weighted by Gasteiger charge is 2.22. The van der Waals surface area contributed by atoms with Crippen molar-refractivity contribution in [1.82, 2.24) is 5.32 Å². The van der Waals surface area contributed by atoms with Gasteiger partial charge < -0.3 is 15.5 Å². The van der Waals surface area contributed by atoms with Gasteiger partial charge in [-0.3, -0.25) is 0 Å². The van der Waals surface area contributed by atoms with E-state index >= 15 is 0 Å². The first-order valence-corrected chi connectivity index (χ1v) is 5.68. The summed E-state index contributed by atoms with van der Waals surface area (Å²) in [6, 6.07) is 0.688. The molecular formula is C11H23NO2. The number of hydrogen-bond acceptors (Lipinski definition) is 3. The lowest BCUT2D eigenvalue weighted by Gasteiger charge is -2.31. The van der Waals surface area contributed by atoms with Crippen molar-refractivity contribution < 1.29 is 10.2 Å². The topological polar surface area (TPSA) is 52.5 Å². The first-order chi connectivity index (χ1) is 6.63. The zero-order valence-corrected chi connectivity index (χ0v) is 9.24. The lowest BCUT2D eigenvalue weighted by Crippen LogP contribution is -2.45. The third kappa shape index (κ3) is 3.56. The Balaban J connectivity index is 2.29. The average molecular weight is 201 g/mol. The Hall–Kier alpha value is -0.120. The predicted octanol–water partition coefficient (Wildman–Crippen LogP) is 0.896. The van der Waals surface area contributed by atoms with Gasteiger partial charge in [-0.25, -0.2) is 0 Å². The molecule has 0 radical (unpaired) electrons. The van der Waals surface area contributed by atoms with Crippen LogP contribution in [-0.2, 0) is 0 Å². The van der Waals surface area contributed by atoms with E-state index < -0.39 is 0 Å². The predicted molar refractivity (Wildman–Crippen MR) is 57.1 cm³/mol. The zero-order chi connectivity index (χ0) is 10.6. The molecule has 1 saturated carbocycles. The molecule has 0 heterocycles. The summed E-state index contributed by atoms with van der Waals surface area (Å²) in [6.45, 7) is 4.44. The minimum absolute atomic E-state index is 0.0975. The second-order valence-corrected chi connectivity index (χ2v) is 4.71. The van der Waals surface area contributed by atoms with Crippen molar-refractivity contribution in [2.75, 3.05) is 6.61 Å². The molecule has 1 unspecified atom stereocenters. The van der Waals surface area contributed by atoms with Crippen LogP contribution in [0.1, 0.15) is 39.5 Å². The Morgan fingerprint density at radius 2 is 1.79 bits per heavy atom. The van der Waals surface area contributed by atoms with Crippen molar-refractivity contribution in [2.24, 2.45) is 5.92 Å². The Labute approximate surface area is 86.5 Å². The van der Waals surface area contributed by atoms with E-state index in [4.69, 9.17) is 5.11 Å². The second-order valence-electron chi connectivity index (χ2n) is 4.71. The fourth-order valence-electron chi connectivity index (χ4n) is 2.00. The van der Waals surface area contributed by atoms with Gasteiger partial charge in [-0.05, 0) is 31.6 Å². The molecule has 3 N–H and O–H groups in total. The maximum Gasteiger partial charge on any atom is 0.0587 e. The van der Waals surface area contributed by atoms with Crippen LogP contribution in [0.4, 0.5) is 0 Å². The van der Waals surface area contributed by atoms with Crippen LogP contribution in [0.25, 0.3) is 0 Å². The van der Waals surface area contributed by atoms with Crippen molar-refractivity contribution in [3.63, 3.8) is 0 Å². The van der Waals surface area contributed by atoms with Gasteiger partial charge in [0.15, 0.2) is 0 Å². The molecule has 3 heteroatoms. The van der Waals surface area contributed by atoms with E-state index in [1.807, 2.05) is 0 Å². The summed E-state index contributed by atoms with van der Waals surface area (Å²) in [5, 5.41) is 22.0. The minimum Gasteiger partial charge on any atom is -0.395 e. The average Bonchev–Trinajstić information content (AvgIpc) is 2.16. The molecule has 3 nitrogen and oxygen atoms in total. The summed E-state index contributed by atoms with van der Waals surface area (Å²) in [5.41, 5.74) is 0. The third-order valence-electron chi connectivity index (χ3n) is 3.15. The maximum absolute atomic E-state index is 9.35. The van der Waals surface area contributed by atoms with Gasteiger partial charge in [0.2, 0.25) is 0 Å². The van der Waals surface area contributed by atoms with Crippen molar-refractivity contribution in [1.29, 1.82) is 0 Å². The molecule has 0 amide bonds. The lowest BCUT2D eigenvalue weighted by atomic mass is 9.91. The van der Waals surface area contributed by atoms with E-state index in [9.17, 15) is 5.11 Å². The van der Waals surface area contributed by atoms with Gasteiger partial charge >= 0.3 is 0 Å². The summed E-state index contributed by atoms with van der Waals surface area (Å²) in [7, 11) is 0. The van der Waals surface area contributed by atoms with E-state index in [-0.39, 0.29) is 18.8 Å². The Morgan fingerprint density at radius 3 is 2.21 bits per heavy atom. The zero-order valence-electron chi connectivity index (χ0n) is 9.24. The first-order valence-electron chi connectivity index (χ1n) is 5.68. The number of rotatable bonds is 4. The van der Waals surface area contributed by atoms with Gasteiger partial charge in [0.1, 0.15) is 0 Å². The molecule has 1 rings (SSSR count). The maximum atomic E-state index is 9.35. The summed E-state index contributed by atoms with van der Waals surface area (Å²) < 4.78 is 0. The van der Waals surface area contributed by atoms with Crippen LogP contribution in [0, 0.1) is 5.92 Å². The molecule has 0 aromatic rings. The molecule has 0 aromatic heterocycles. The van der Waals surface area contributed by atoms with Crippen LogP contribution >= 0.6 is 0 Å². The fourth-order valence-corrected chi connectivity index (χ4v) is 2.00. The molecule has 14 heavy (non-hydrogen) atoms. The highest BCUT2D eigenvalue weighted by atomic mass is 16.3. The van der Waals surface area contributed by atoms with E-state index in [1.165, 1.54) is 0 Å². The molecule has 1 atom stereocenters. The summed E-state index contributed by atoms with van der Waals surface area (Å²) in [5.74, 6) is 0.465. The second kappa shape index (κ2) is 5.69. The molecule has 0 spiro atoms. The molecule has 0 aliphatic heterocycles. The van der Waals surface area contributed by atoms with Crippen LogP contribution in [0.3, 0.4) is 0 Å². The molecule has 1 aliphatic carbocycles. The van der Waals surface area contributed by atoms with Gasteiger partial charge in [0, 0.05) is 12.1 Å². The Kier molecular flexibility index (Phi) is 4.85. The third-order valence-corrected chi connectivity index (χ3v) is 3.15. The van der Waals surface area contributed by atoms with E-state index in [2.05, 4.69) is 19.2 Å². The highest BCUT2D eigenvalue weighted by Crippen LogP contribution is 2.19. The largest absolute Gasteiger partial charge is 0.395 e. The van der Waals surface area contributed by atoms with E-state index in [0.29, 0.717) is 12.0 Å². The van der Waals surface area contributed by atoms with Crippen molar-refractivity contribution in [3.8, 4) is 0 Å². The lowest BCUT2D eigenvalue weighted by molar-refractivity contribution is 0.106. The molecule has 0 aromatic carbocycles. The molecule has 84 valence electrons. The van der Waals surface area contributed by atoms with Crippen LogP contribution in [0.15, 0.2) is 0 Å². The standard InChI is InChI=1S/C11H23NO2/c1-8(2)11(7-13)12-9-3-5-10(14)6-4-9/h8-14H,3-7H2,1-2H3. The van der Waals surface area contributed by atoms with Crippen LogP contribution in [0.5, 0.6) is 0 Å². The SMILES string of the molecule is CC(C)C(CO)NC1CCC(O)CC1. The van der Waals surface area contributed by atoms with Crippen molar-refractivity contribution >= 4 is 0 Å². The van der Waals surface area contributed by atoms with Gasteiger partial charge in [0.05, 0.1) is 12.7 Å². The summed E-state index contributed by atoms with van der Waals surface area (Å²) in [6.07, 6.45) is 3.76. The monoisotopic (exact) mass is 201 g/mol. The number of aliphatic hydroxyl groups is 2. The minimum atomic E-state index is -0.0975. The molecule has 0 bridgehead atoms. The number of hydrogen-bond donors (Lipinski definition) is 3. The number of nitrogens with one attached hydrogen (secondary N) is 1. The summed E-state index contributed by atoms with van der Waals surface area (Å²) in [4.78, 5) is 0. The van der Waals surface area contributed by atoms with Crippen LogP contribution < -0.4 is 5.32 Å². The molecule has 1 aliphatic rings. The summed E-state index contributed by atoms with van der Waals surface area (Å²) >= 11 is 0. The van der Waals surface area contributed by atoms with Gasteiger partial charge in [0.25, 0.3) is 0 Å². The van der Waals surface area contributed by atoms with Gasteiger partial charge in [-0.1, -0.05) is 13.8 Å². The van der Waals surface area contributed by atoms with E-state index in [0.717, 1.165) is 25.7 Å². The van der Waals surface area contributed by atoms with Crippen molar-refractivity contribution in [2.45, 2.75) is 57.7 Å². The molecule has 0 saturated heterocycles. The molecular weight excluding hydrogens is 178 g/mol.